The second-order valence-electron chi connectivity index (χ2n) is 3.48. The molecular weight excluding hydrogens is 234 g/mol. The van der Waals surface area contributed by atoms with Gasteiger partial charge in [0.2, 0.25) is 10.0 Å². The number of unbranched alkanes of at least 4 members (excludes halogenated alkanes) is 1. The molecule has 0 saturated heterocycles. The molecule has 0 aromatic rings. The molecular formula is C9H21NO3S2. The standard InChI is InChI=1S/C9H21NO3S2/c1-9(14-2)5-6-10-15(12,13)8-4-3-7-11/h9-11H,3-8H2,1-2H3. The molecule has 0 aliphatic carbocycles. The monoisotopic (exact) mass is 255 g/mol. The summed E-state index contributed by atoms with van der Waals surface area (Å²) in [6.45, 7) is 2.63. The number of nitrogens with one attached hydrogen (secondary N) is 1. The molecule has 1 atom stereocenters. The molecule has 92 valence electrons. The van der Waals surface area contributed by atoms with E-state index in [1.807, 2.05) is 6.26 Å². The van der Waals surface area contributed by atoms with Gasteiger partial charge in [0.25, 0.3) is 0 Å². The maximum atomic E-state index is 11.4. The van der Waals surface area contributed by atoms with Crippen LogP contribution >= 0.6 is 11.8 Å². The number of rotatable bonds is 9. The molecule has 0 saturated carbocycles. The minimum Gasteiger partial charge on any atom is -0.396 e. The lowest BCUT2D eigenvalue weighted by atomic mass is 10.3. The number of aliphatic hydroxyl groups is 1. The van der Waals surface area contributed by atoms with Gasteiger partial charge in [0.15, 0.2) is 0 Å². The summed E-state index contributed by atoms with van der Waals surface area (Å²) in [5.74, 6) is 0.112. The van der Waals surface area contributed by atoms with Gasteiger partial charge in [-0.2, -0.15) is 11.8 Å². The zero-order valence-electron chi connectivity index (χ0n) is 9.40. The van der Waals surface area contributed by atoms with E-state index in [1.54, 1.807) is 11.8 Å². The van der Waals surface area contributed by atoms with Crippen LogP contribution in [-0.2, 0) is 10.0 Å². The summed E-state index contributed by atoms with van der Waals surface area (Å²) in [7, 11) is -3.13. The van der Waals surface area contributed by atoms with Gasteiger partial charge in [0, 0.05) is 18.4 Å². The number of aliphatic hydroxyl groups excluding tert-OH is 1. The molecule has 0 aliphatic heterocycles. The second kappa shape index (κ2) is 8.38. The van der Waals surface area contributed by atoms with Crippen LogP contribution in [0, 0.1) is 0 Å². The Hall–Kier alpha value is 0.220. The van der Waals surface area contributed by atoms with E-state index in [0.29, 0.717) is 24.6 Å². The van der Waals surface area contributed by atoms with E-state index in [-0.39, 0.29) is 12.4 Å². The lowest BCUT2D eigenvalue weighted by molar-refractivity contribution is 0.287. The maximum absolute atomic E-state index is 11.4. The van der Waals surface area contributed by atoms with Gasteiger partial charge in [0.1, 0.15) is 0 Å². The van der Waals surface area contributed by atoms with Crippen molar-refractivity contribution in [1.29, 1.82) is 0 Å². The van der Waals surface area contributed by atoms with Crippen molar-refractivity contribution in [3.05, 3.63) is 0 Å². The zero-order chi connectivity index (χ0) is 11.7. The molecule has 0 aliphatic rings. The number of hydrogen-bond acceptors (Lipinski definition) is 4. The Bertz CT molecular complexity index is 242. The average molecular weight is 255 g/mol. The van der Waals surface area contributed by atoms with Crippen molar-refractivity contribution in [2.45, 2.75) is 31.4 Å². The Balaban J connectivity index is 3.65. The van der Waals surface area contributed by atoms with E-state index < -0.39 is 10.0 Å². The number of sulfonamides is 1. The summed E-state index contributed by atoms with van der Waals surface area (Å²) in [5.41, 5.74) is 0. The summed E-state index contributed by atoms with van der Waals surface area (Å²) in [6.07, 6.45) is 3.92. The van der Waals surface area contributed by atoms with Gasteiger partial charge in [-0.3, -0.25) is 0 Å². The van der Waals surface area contributed by atoms with Crippen LogP contribution in [-0.4, -0.2) is 43.9 Å². The van der Waals surface area contributed by atoms with Crippen molar-refractivity contribution in [1.82, 2.24) is 4.72 Å². The Morgan fingerprint density at radius 3 is 2.60 bits per heavy atom. The van der Waals surface area contributed by atoms with Crippen LogP contribution in [0.4, 0.5) is 0 Å². The van der Waals surface area contributed by atoms with Crippen LogP contribution in [0.5, 0.6) is 0 Å². The Kier molecular flexibility index (Phi) is 8.50. The van der Waals surface area contributed by atoms with Gasteiger partial charge in [-0.25, -0.2) is 13.1 Å². The summed E-state index contributed by atoms with van der Waals surface area (Å²) < 4.78 is 25.3. The highest BCUT2D eigenvalue weighted by atomic mass is 32.2. The van der Waals surface area contributed by atoms with Crippen LogP contribution in [0.2, 0.25) is 0 Å². The van der Waals surface area contributed by atoms with Crippen molar-refractivity contribution in [2.24, 2.45) is 0 Å². The first-order valence-corrected chi connectivity index (χ1v) is 8.07. The summed E-state index contributed by atoms with van der Waals surface area (Å²) in [5, 5.41) is 9.00. The Morgan fingerprint density at radius 2 is 2.07 bits per heavy atom. The van der Waals surface area contributed by atoms with Crippen LogP contribution in [0.1, 0.15) is 26.2 Å². The lowest BCUT2D eigenvalue weighted by Crippen LogP contribution is -2.28. The third-order valence-electron chi connectivity index (χ3n) is 2.10. The summed E-state index contributed by atoms with van der Waals surface area (Å²) >= 11 is 1.73. The molecule has 0 aromatic heterocycles. The molecule has 2 N–H and O–H groups in total. The summed E-state index contributed by atoms with van der Waals surface area (Å²) in [4.78, 5) is 0. The van der Waals surface area contributed by atoms with Crippen LogP contribution in [0.3, 0.4) is 0 Å². The first-order chi connectivity index (χ1) is 7.02. The van der Waals surface area contributed by atoms with Gasteiger partial charge in [-0.1, -0.05) is 6.92 Å². The maximum Gasteiger partial charge on any atom is 0.211 e. The molecule has 1 unspecified atom stereocenters. The zero-order valence-corrected chi connectivity index (χ0v) is 11.0. The van der Waals surface area contributed by atoms with Crippen LogP contribution in [0.15, 0.2) is 0 Å². The fourth-order valence-electron chi connectivity index (χ4n) is 1.01. The molecule has 6 heteroatoms. The Labute approximate surface area is 96.9 Å². The molecule has 0 spiro atoms. The quantitative estimate of drug-likeness (QED) is 0.599. The van der Waals surface area contributed by atoms with E-state index in [9.17, 15) is 8.42 Å². The number of thioether (sulfide) groups is 1. The predicted octanol–water partition coefficient (Wildman–Crippen LogP) is 0.820. The van der Waals surface area contributed by atoms with E-state index in [4.69, 9.17) is 5.11 Å². The fraction of sp³-hybridized carbons (Fsp3) is 1.00. The predicted molar refractivity (Wildman–Crippen MR) is 65.7 cm³/mol. The van der Waals surface area contributed by atoms with Crippen molar-refractivity contribution >= 4 is 21.8 Å². The largest absolute Gasteiger partial charge is 0.396 e. The van der Waals surface area contributed by atoms with Gasteiger partial charge in [0.05, 0.1) is 5.75 Å². The van der Waals surface area contributed by atoms with Crippen molar-refractivity contribution < 1.29 is 13.5 Å². The second-order valence-corrected chi connectivity index (χ2v) is 6.68. The van der Waals surface area contributed by atoms with Crippen LogP contribution < -0.4 is 4.72 Å². The Morgan fingerprint density at radius 1 is 1.40 bits per heavy atom. The average Bonchev–Trinajstić information content (AvgIpc) is 2.17. The third-order valence-corrected chi connectivity index (χ3v) is 4.61. The van der Waals surface area contributed by atoms with E-state index in [2.05, 4.69) is 11.6 Å². The lowest BCUT2D eigenvalue weighted by Gasteiger charge is -2.09. The molecule has 4 nitrogen and oxygen atoms in total. The molecule has 15 heavy (non-hydrogen) atoms. The highest BCUT2D eigenvalue weighted by Gasteiger charge is 2.09. The third kappa shape index (κ3) is 9.17. The van der Waals surface area contributed by atoms with Crippen LogP contribution in [0.25, 0.3) is 0 Å². The van der Waals surface area contributed by atoms with Gasteiger partial charge >= 0.3 is 0 Å². The highest BCUT2D eigenvalue weighted by molar-refractivity contribution is 7.99. The molecule has 0 heterocycles. The first-order valence-electron chi connectivity index (χ1n) is 5.13. The number of hydrogen-bond donors (Lipinski definition) is 2. The van der Waals surface area contributed by atoms with E-state index >= 15 is 0 Å². The minimum atomic E-state index is -3.13. The van der Waals surface area contributed by atoms with Crippen molar-refractivity contribution in [3.63, 3.8) is 0 Å². The van der Waals surface area contributed by atoms with Crippen molar-refractivity contribution in [2.75, 3.05) is 25.2 Å². The molecule has 0 fully saturated rings. The molecule has 0 bridgehead atoms. The van der Waals surface area contributed by atoms with E-state index in [1.165, 1.54) is 0 Å². The molecule has 0 rings (SSSR count). The van der Waals surface area contributed by atoms with Gasteiger partial charge in [-0.05, 0) is 25.5 Å². The SMILES string of the molecule is CSC(C)CCNS(=O)(=O)CCCCO. The normalized spacial score (nSPS) is 14.1. The smallest absolute Gasteiger partial charge is 0.211 e. The van der Waals surface area contributed by atoms with Gasteiger partial charge < -0.3 is 5.11 Å². The molecule has 0 aromatic carbocycles. The van der Waals surface area contributed by atoms with E-state index in [0.717, 1.165) is 6.42 Å². The summed E-state index contributed by atoms with van der Waals surface area (Å²) in [6, 6.07) is 0. The van der Waals surface area contributed by atoms with Gasteiger partial charge in [-0.15, -0.1) is 0 Å². The minimum absolute atomic E-state index is 0.0546. The molecule has 0 amide bonds. The molecule has 0 radical (unpaired) electrons. The fourth-order valence-corrected chi connectivity index (χ4v) is 2.52. The van der Waals surface area contributed by atoms with Crippen molar-refractivity contribution in [3.8, 4) is 0 Å². The first kappa shape index (κ1) is 15.2. The highest BCUT2D eigenvalue weighted by Crippen LogP contribution is 2.08. The topological polar surface area (TPSA) is 66.4 Å².